The third-order valence-corrected chi connectivity index (χ3v) is 3.08. The fraction of sp³-hybridized carbons (Fsp3) is 0.588. The molecule has 10 nitrogen and oxygen atoms in total. The van der Waals surface area contributed by atoms with Crippen LogP contribution in [-0.2, 0) is 23.7 Å². The lowest BCUT2D eigenvalue weighted by Crippen LogP contribution is -2.14. The largest absolute Gasteiger partial charge is 0.426 e. The van der Waals surface area contributed by atoms with Gasteiger partial charge in [-0.1, -0.05) is 0 Å². The molecule has 0 saturated carbocycles. The van der Waals surface area contributed by atoms with E-state index in [1.807, 2.05) is 0 Å². The number of non-ortho nitro benzene ring substituents is 1. The summed E-state index contributed by atoms with van der Waals surface area (Å²) in [6.07, 6.45) is 0.0634. The molecule has 0 bridgehead atoms. The summed E-state index contributed by atoms with van der Waals surface area (Å²) in [6.45, 7) is 2.93. The molecule has 0 aliphatic carbocycles. The number of benzene rings is 1. The summed E-state index contributed by atoms with van der Waals surface area (Å²) in [5.41, 5.74) is -0.0708. The fourth-order valence-electron chi connectivity index (χ4n) is 1.80. The van der Waals surface area contributed by atoms with Crippen LogP contribution in [0.25, 0.3) is 0 Å². The molecule has 0 radical (unpaired) electrons. The van der Waals surface area contributed by atoms with E-state index in [0.717, 1.165) is 0 Å². The lowest BCUT2D eigenvalue weighted by atomic mass is 10.3. The number of nitro groups is 1. The third kappa shape index (κ3) is 12.0. The number of carbonyl (C=O) groups is 1. The molecule has 0 spiro atoms. The molecule has 1 rings (SSSR count). The van der Waals surface area contributed by atoms with E-state index in [-0.39, 0.29) is 31.1 Å². The summed E-state index contributed by atoms with van der Waals surface area (Å²) in [5, 5.41) is 19.0. The van der Waals surface area contributed by atoms with Crippen molar-refractivity contribution in [3.63, 3.8) is 0 Å². The van der Waals surface area contributed by atoms with Crippen LogP contribution in [0, 0.1) is 10.1 Å². The van der Waals surface area contributed by atoms with Gasteiger partial charge in [-0.3, -0.25) is 14.9 Å². The Morgan fingerprint density at radius 2 is 1.33 bits per heavy atom. The van der Waals surface area contributed by atoms with Crippen molar-refractivity contribution in [1.29, 1.82) is 0 Å². The van der Waals surface area contributed by atoms with Crippen molar-refractivity contribution < 1.29 is 38.5 Å². The molecular weight excluding hydrogens is 362 g/mol. The van der Waals surface area contributed by atoms with E-state index in [1.54, 1.807) is 0 Å². The zero-order chi connectivity index (χ0) is 19.7. The molecule has 1 aromatic rings. The maximum Gasteiger partial charge on any atom is 0.313 e. The highest BCUT2D eigenvalue weighted by atomic mass is 16.6. The standard InChI is InChI=1S/C17H25NO9/c19-6-8-24-10-12-26-14-13-25-11-9-23-7-5-17(20)27-16-3-1-15(2-4-16)18(21)22/h1-4,19H,5-14H2. The van der Waals surface area contributed by atoms with Crippen LogP contribution in [0.3, 0.4) is 0 Å². The number of aliphatic hydroxyl groups is 1. The normalized spacial score (nSPS) is 10.7. The van der Waals surface area contributed by atoms with E-state index >= 15 is 0 Å². The van der Waals surface area contributed by atoms with Gasteiger partial charge in [-0.2, -0.15) is 0 Å². The molecule has 0 heterocycles. The first kappa shape index (κ1) is 22.9. The number of rotatable bonds is 16. The number of nitro benzene ring substituents is 1. The van der Waals surface area contributed by atoms with Crippen molar-refractivity contribution in [2.75, 3.05) is 59.5 Å². The molecule has 0 aliphatic rings. The average Bonchev–Trinajstić information content (AvgIpc) is 2.66. The van der Waals surface area contributed by atoms with Gasteiger partial charge in [0.15, 0.2) is 0 Å². The number of aliphatic hydroxyl groups excluding tert-OH is 1. The molecule has 1 N–H and O–H groups in total. The minimum Gasteiger partial charge on any atom is -0.426 e. The zero-order valence-electron chi connectivity index (χ0n) is 15.0. The van der Waals surface area contributed by atoms with Crippen molar-refractivity contribution >= 4 is 11.7 Å². The Bertz CT molecular complexity index is 536. The number of ether oxygens (including phenoxy) is 5. The lowest BCUT2D eigenvalue weighted by Gasteiger charge is -2.07. The van der Waals surface area contributed by atoms with Gasteiger partial charge in [0.25, 0.3) is 5.69 Å². The van der Waals surface area contributed by atoms with E-state index in [9.17, 15) is 14.9 Å². The van der Waals surface area contributed by atoms with Crippen molar-refractivity contribution in [1.82, 2.24) is 0 Å². The molecule has 0 amide bonds. The van der Waals surface area contributed by atoms with Crippen LogP contribution in [0.15, 0.2) is 24.3 Å². The van der Waals surface area contributed by atoms with Crippen LogP contribution < -0.4 is 4.74 Å². The molecule has 0 aromatic heterocycles. The summed E-state index contributed by atoms with van der Waals surface area (Å²) in [6, 6.07) is 5.27. The van der Waals surface area contributed by atoms with Gasteiger partial charge >= 0.3 is 5.97 Å². The number of carbonyl (C=O) groups excluding carboxylic acids is 1. The quantitative estimate of drug-likeness (QED) is 0.145. The van der Waals surface area contributed by atoms with Gasteiger partial charge in [-0.05, 0) is 12.1 Å². The van der Waals surface area contributed by atoms with E-state index in [1.165, 1.54) is 24.3 Å². The van der Waals surface area contributed by atoms with E-state index < -0.39 is 10.9 Å². The highest BCUT2D eigenvalue weighted by Crippen LogP contribution is 2.17. The summed E-state index contributed by atoms with van der Waals surface area (Å²) in [5.74, 6) is -0.239. The maximum absolute atomic E-state index is 11.6. The molecule has 152 valence electrons. The fourth-order valence-corrected chi connectivity index (χ4v) is 1.80. The molecular formula is C17H25NO9. The van der Waals surface area contributed by atoms with Crippen LogP contribution in [0.4, 0.5) is 5.69 Å². The Hall–Kier alpha value is -2.11. The molecule has 0 unspecified atom stereocenters. The zero-order valence-corrected chi connectivity index (χ0v) is 15.0. The van der Waals surface area contributed by atoms with E-state index in [4.69, 9.17) is 28.8 Å². The topological polar surface area (TPSA) is 127 Å². The molecule has 0 aliphatic heterocycles. The number of hydrogen-bond donors (Lipinski definition) is 1. The van der Waals surface area contributed by atoms with Gasteiger partial charge in [0, 0.05) is 12.1 Å². The highest BCUT2D eigenvalue weighted by molar-refractivity contribution is 5.72. The Labute approximate surface area is 157 Å². The van der Waals surface area contributed by atoms with E-state index in [2.05, 4.69) is 0 Å². The molecule has 0 saturated heterocycles. The van der Waals surface area contributed by atoms with Crippen LogP contribution >= 0.6 is 0 Å². The summed E-state index contributed by atoms with van der Waals surface area (Å²) in [7, 11) is 0. The predicted molar refractivity (Wildman–Crippen MR) is 93.7 cm³/mol. The van der Waals surface area contributed by atoms with Crippen LogP contribution in [0.5, 0.6) is 5.75 Å². The minimum atomic E-state index is -0.526. The van der Waals surface area contributed by atoms with Crippen LogP contribution in [0.2, 0.25) is 0 Å². The Morgan fingerprint density at radius 3 is 1.81 bits per heavy atom. The number of esters is 1. The van der Waals surface area contributed by atoms with Gasteiger partial charge in [-0.15, -0.1) is 0 Å². The van der Waals surface area contributed by atoms with Gasteiger partial charge in [0.1, 0.15) is 5.75 Å². The Balaban J connectivity index is 1.93. The predicted octanol–water partition coefficient (Wildman–Crippen LogP) is 0.949. The third-order valence-electron chi connectivity index (χ3n) is 3.08. The first-order chi connectivity index (χ1) is 13.1. The molecule has 0 atom stereocenters. The second-order valence-corrected chi connectivity index (χ2v) is 5.15. The second-order valence-electron chi connectivity index (χ2n) is 5.15. The summed E-state index contributed by atoms with van der Waals surface area (Å²) in [4.78, 5) is 21.6. The van der Waals surface area contributed by atoms with Gasteiger partial charge in [0.2, 0.25) is 0 Å². The molecule has 10 heteroatoms. The molecule has 27 heavy (non-hydrogen) atoms. The lowest BCUT2D eigenvalue weighted by molar-refractivity contribution is -0.384. The second kappa shape index (κ2) is 15.0. The van der Waals surface area contributed by atoms with Crippen molar-refractivity contribution in [2.24, 2.45) is 0 Å². The summed E-state index contributed by atoms with van der Waals surface area (Å²) < 4.78 is 25.9. The van der Waals surface area contributed by atoms with Crippen LogP contribution in [-0.4, -0.2) is 75.5 Å². The van der Waals surface area contributed by atoms with Crippen LogP contribution in [0.1, 0.15) is 6.42 Å². The minimum absolute atomic E-state index is 0.00211. The number of hydrogen-bond acceptors (Lipinski definition) is 9. The molecule has 1 aromatic carbocycles. The monoisotopic (exact) mass is 387 g/mol. The van der Waals surface area contributed by atoms with Crippen molar-refractivity contribution in [2.45, 2.75) is 6.42 Å². The Morgan fingerprint density at radius 1 is 0.852 bits per heavy atom. The smallest absolute Gasteiger partial charge is 0.313 e. The molecule has 0 fully saturated rings. The SMILES string of the molecule is O=C(CCOCCOCCOCCOCCO)Oc1ccc([N+](=O)[O-])cc1. The summed E-state index contributed by atoms with van der Waals surface area (Å²) >= 11 is 0. The maximum atomic E-state index is 11.6. The van der Waals surface area contributed by atoms with E-state index in [0.29, 0.717) is 46.2 Å². The first-order valence-electron chi connectivity index (χ1n) is 8.50. The Kier molecular flexibility index (Phi) is 12.7. The first-order valence-corrected chi connectivity index (χ1v) is 8.50. The van der Waals surface area contributed by atoms with Crippen molar-refractivity contribution in [3.05, 3.63) is 34.4 Å². The van der Waals surface area contributed by atoms with Crippen molar-refractivity contribution in [3.8, 4) is 5.75 Å². The van der Waals surface area contributed by atoms with Gasteiger partial charge in [-0.25, -0.2) is 0 Å². The average molecular weight is 387 g/mol. The van der Waals surface area contributed by atoms with Gasteiger partial charge < -0.3 is 28.8 Å². The van der Waals surface area contributed by atoms with Gasteiger partial charge in [0.05, 0.1) is 70.8 Å². The highest BCUT2D eigenvalue weighted by Gasteiger charge is 2.08. The number of nitrogens with zero attached hydrogens (tertiary/aromatic N) is 1.